The fourth-order valence-electron chi connectivity index (χ4n) is 2.11. The molecular weight excluding hydrogens is 378 g/mol. The zero-order valence-corrected chi connectivity index (χ0v) is 14.7. The maximum absolute atomic E-state index is 12.1. The molecule has 0 radical (unpaired) electrons. The lowest BCUT2D eigenvalue weighted by Crippen LogP contribution is -2.17. The van der Waals surface area contributed by atoms with Crippen LogP contribution in [0, 0.1) is 0 Å². The lowest BCUT2D eigenvalue weighted by molar-refractivity contribution is 0.146. The van der Waals surface area contributed by atoms with E-state index in [1.54, 1.807) is 30.3 Å². The molecule has 0 aliphatic heterocycles. The largest absolute Gasteiger partial charge is 0.512 e. The van der Waals surface area contributed by atoms with Crippen molar-refractivity contribution in [2.45, 2.75) is 0 Å². The molecule has 0 aliphatic rings. The van der Waals surface area contributed by atoms with Crippen molar-refractivity contribution in [3.63, 3.8) is 0 Å². The number of carboxylic acid groups (broad SMARTS) is 1. The molecule has 0 aliphatic carbocycles. The molecule has 0 saturated heterocycles. The molecular formula is C18H12ClNO5S. The second-order valence-corrected chi connectivity index (χ2v) is 6.47. The Hall–Kier alpha value is -3.03. The zero-order valence-electron chi connectivity index (χ0n) is 13.1. The number of anilines is 1. The Morgan fingerprint density at radius 3 is 2.35 bits per heavy atom. The van der Waals surface area contributed by atoms with Crippen LogP contribution in [0.1, 0.15) is 0 Å². The number of nitrogens with one attached hydrogen (secondary N) is 1. The number of rotatable bonds is 4. The van der Waals surface area contributed by atoms with Crippen LogP contribution < -0.4 is 14.8 Å². The molecule has 132 valence electrons. The van der Waals surface area contributed by atoms with Gasteiger partial charge < -0.3 is 14.6 Å². The molecule has 2 N–H and O–H groups in total. The number of ether oxygens (including phenoxy) is 2. The Bertz CT molecular complexity index is 925. The van der Waals surface area contributed by atoms with Gasteiger partial charge in [0.1, 0.15) is 5.75 Å². The van der Waals surface area contributed by atoms with Gasteiger partial charge in [-0.1, -0.05) is 53.3 Å². The van der Waals surface area contributed by atoms with E-state index in [1.165, 1.54) is 0 Å². The van der Waals surface area contributed by atoms with Crippen molar-refractivity contribution in [1.29, 1.82) is 0 Å². The molecule has 3 rings (SSSR count). The molecule has 0 bridgehead atoms. The van der Waals surface area contributed by atoms with Crippen LogP contribution in [0.3, 0.4) is 0 Å². The summed E-state index contributed by atoms with van der Waals surface area (Å²) in [6.45, 7) is 0. The van der Waals surface area contributed by atoms with Crippen molar-refractivity contribution < 1.29 is 24.2 Å². The van der Waals surface area contributed by atoms with E-state index >= 15 is 0 Å². The van der Waals surface area contributed by atoms with Gasteiger partial charge in [0.2, 0.25) is 5.06 Å². The number of thiophene rings is 1. The summed E-state index contributed by atoms with van der Waals surface area (Å²) < 4.78 is 9.90. The van der Waals surface area contributed by atoms with Crippen molar-refractivity contribution in [3.8, 4) is 21.3 Å². The van der Waals surface area contributed by atoms with Crippen LogP contribution in [0.4, 0.5) is 15.3 Å². The summed E-state index contributed by atoms with van der Waals surface area (Å²) in [5.41, 5.74) is 1.07. The van der Waals surface area contributed by atoms with Gasteiger partial charge in [0.25, 0.3) is 0 Å². The molecule has 0 unspecified atom stereocenters. The van der Waals surface area contributed by atoms with Gasteiger partial charge in [0.05, 0.1) is 5.69 Å². The van der Waals surface area contributed by atoms with Gasteiger partial charge >= 0.3 is 12.2 Å². The average molecular weight is 390 g/mol. The van der Waals surface area contributed by atoms with Crippen LogP contribution in [0.2, 0.25) is 5.02 Å². The van der Waals surface area contributed by atoms with Gasteiger partial charge in [-0.2, -0.15) is 0 Å². The first-order valence-corrected chi connectivity index (χ1v) is 8.55. The van der Waals surface area contributed by atoms with E-state index in [4.69, 9.17) is 26.2 Å². The van der Waals surface area contributed by atoms with E-state index in [2.05, 4.69) is 5.32 Å². The molecule has 0 spiro atoms. The third-order valence-electron chi connectivity index (χ3n) is 3.20. The molecule has 3 aromatic rings. The monoisotopic (exact) mass is 389 g/mol. The van der Waals surface area contributed by atoms with E-state index in [1.807, 2.05) is 30.3 Å². The van der Waals surface area contributed by atoms with Crippen LogP contribution in [0.15, 0.2) is 60.7 Å². The number of benzene rings is 2. The second-order valence-electron chi connectivity index (χ2n) is 5.01. The Kier molecular flexibility index (Phi) is 5.40. The number of hydrogen-bond acceptors (Lipinski definition) is 5. The van der Waals surface area contributed by atoms with Gasteiger partial charge in [-0.25, -0.2) is 9.59 Å². The summed E-state index contributed by atoms with van der Waals surface area (Å²) in [7, 11) is 0. The van der Waals surface area contributed by atoms with Crippen LogP contribution >= 0.6 is 22.9 Å². The van der Waals surface area contributed by atoms with Gasteiger partial charge in [0, 0.05) is 9.90 Å². The molecule has 26 heavy (non-hydrogen) atoms. The van der Waals surface area contributed by atoms with Gasteiger partial charge in [-0.15, -0.1) is 0 Å². The molecule has 8 heteroatoms. The highest BCUT2D eigenvalue weighted by atomic mass is 35.5. The maximum atomic E-state index is 12.1. The third-order valence-corrected chi connectivity index (χ3v) is 4.51. The van der Waals surface area contributed by atoms with Crippen molar-refractivity contribution in [3.05, 3.63) is 65.7 Å². The summed E-state index contributed by atoms with van der Waals surface area (Å²) in [5.74, 6) is 0.297. The summed E-state index contributed by atoms with van der Waals surface area (Å²) >= 11 is 6.88. The van der Waals surface area contributed by atoms with E-state index in [0.29, 0.717) is 10.8 Å². The SMILES string of the molecule is O=C(O)Oc1sc(-c2ccccc2)cc1NC(=O)Oc1ccc(Cl)cc1. The highest BCUT2D eigenvalue weighted by Crippen LogP contribution is 2.41. The van der Waals surface area contributed by atoms with Crippen LogP contribution in [0.5, 0.6) is 10.8 Å². The topological polar surface area (TPSA) is 84.9 Å². The Balaban J connectivity index is 1.80. The predicted octanol–water partition coefficient (Wildman–Crippen LogP) is 5.74. The number of hydrogen-bond donors (Lipinski definition) is 2. The van der Waals surface area contributed by atoms with E-state index in [9.17, 15) is 9.59 Å². The van der Waals surface area contributed by atoms with Crippen LogP contribution in [-0.4, -0.2) is 17.4 Å². The smallest absolute Gasteiger partial charge is 0.449 e. The average Bonchev–Trinajstić information content (AvgIpc) is 2.99. The van der Waals surface area contributed by atoms with Gasteiger partial charge in [-0.05, 0) is 35.9 Å². The molecule has 6 nitrogen and oxygen atoms in total. The first kappa shape index (κ1) is 17.8. The minimum atomic E-state index is -1.47. The second kappa shape index (κ2) is 7.90. The minimum absolute atomic E-state index is 0.0457. The van der Waals surface area contributed by atoms with E-state index < -0.39 is 12.2 Å². The van der Waals surface area contributed by atoms with E-state index in [-0.39, 0.29) is 10.8 Å². The minimum Gasteiger partial charge on any atom is -0.449 e. The maximum Gasteiger partial charge on any atom is 0.512 e. The summed E-state index contributed by atoms with van der Waals surface area (Å²) in [4.78, 5) is 23.7. The standard InChI is InChI=1S/C18H12ClNO5S/c19-12-6-8-13(9-7-12)24-17(21)20-14-10-15(11-4-2-1-3-5-11)26-16(14)25-18(22)23/h1-10H,(H,20,21)(H,22,23). The van der Waals surface area contributed by atoms with Gasteiger partial charge in [-0.3, -0.25) is 5.32 Å². The zero-order chi connectivity index (χ0) is 18.5. The molecule has 1 heterocycles. The lowest BCUT2D eigenvalue weighted by atomic mass is 10.2. The Morgan fingerprint density at radius 2 is 1.69 bits per heavy atom. The van der Waals surface area contributed by atoms with Crippen molar-refractivity contribution >= 4 is 40.9 Å². The number of halogens is 1. The number of carbonyl (C=O) groups is 2. The molecule has 0 saturated carbocycles. The van der Waals surface area contributed by atoms with Gasteiger partial charge in [0.15, 0.2) is 0 Å². The quantitative estimate of drug-likeness (QED) is 0.556. The Labute approximate surface area is 157 Å². The normalized spacial score (nSPS) is 10.2. The van der Waals surface area contributed by atoms with Crippen LogP contribution in [-0.2, 0) is 0 Å². The Morgan fingerprint density at radius 1 is 1.00 bits per heavy atom. The molecule has 1 amide bonds. The summed E-state index contributed by atoms with van der Waals surface area (Å²) in [6, 6.07) is 17.2. The van der Waals surface area contributed by atoms with E-state index in [0.717, 1.165) is 21.8 Å². The van der Waals surface area contributed by atoms with Crippen molar-refractivity contribution in [2.75, 3.05) is 5.32 Å². The first-order chi connectivity index (χ1) is 12.5. The fourth-order valence-corrected chi connectivity index (χ4v) is 3.20. The first-order valence-electron chi connectivity index (χ1n) is 7.35. The predicted molar refractivity (Wildman–Crippen MR) is 99.5 cm³/mol. The molecule has 0 atom stereocenters. The summed E-state index contributed by atoms with van der Waals surface area (Å²) in [6.07, 6.45) is -2.25. The number of carbonyl (C=O) groups excluding carboxylic acids is 1. The van der Waals surface area contributed by atoms with Crippen LogP contribution in [0.25, 0.3) is 10.4 Å². The fraction of sp³-hybridized carbons (Fsp3) is 0. The summed E-state index contributed by atoms with van der Waals surface area (Å²) in [5, 5.41) is 12.0. The molecule has 1 aromatic heterocycles. The highest BCUT2D eigenvalue weighted by molar-refractivity contribution is 7.18. The molecule has 2 aromatic carbocycles. The van der Waals surface area contributed by atoms with Crippen molar-refractivity contribution in [1.82, 2.24) is 0 Å². The van der Waals surface area contributed by atoms with Crippen molar-refractivity contribution in [2.24, 2.45) is 0 Å². The highest BCUT2D eigenvalue weighted by Gasteiger charge is 2.17. The lowest BCUT2D eigenvalue weighted by Gasteiger charge is -2.06. The molecule has 0 fully saturated rings. The number of amides is 1. The third kappa shape index (κ3) is 4.53.